The third-order valence-corrected chi connectivity index (χ3v) is 3.95. The van der Waals surface area contributed by atoms with Crippen LogP contribution in [-0.4, -0.2) is 23.2 Å². The summed E-state index contributed by atoms with van der Waals surface area (Å²) in [6, 6.07) is 9.23. The van der Waals surface area contributed by atoms with Crippen LogP contribution in [-0.2, 0) is 9.53 Å². The Hall–Kier alpha value is -1.81. The topological polar surface area (TPSA) is 48.4 Å². The van der Waals surface area contributed by atoms with E-state index >= 15 is 0 Å². The summed E-state index contributed by atoms with van der Waals surface area (Å²) in [6.45, 7) is 2.14. The number of hydrogen-bond donors (Lipinski definition) is 0. The molecule has 0 radical (unpaired) electrons. The Morgan fingerprint density at radius 2 is 2.14 bits per heavy atom. The summed E-state index contributed by atoms with van der Waals surface area (Å²) in [4.78, 5) is 16.4. The summed E-state index contributed by atoms with van der Waals surface area (Å²) in [5.41, 5.74) is -0.123. The number of esters is 1. The molecule has 0 spiro atoms. The average Bonchev–Trinajstić information content (AvgIpc) is 2.42. The molecule has 3 rings (SSSR count). The molecule has 1 aliphatic rings. The molecule has 1 saturated carbocycles. The Morgan fingerprint density at radius 1 is 1.38 bits per heavy atom. The van der Waals surface area contributed by atoms with Crippen LogP contribution in [0.2, 0.25) is 5.15 Å². The van der Waals surface area contributed by atoms with Crippen molar-refractivity contribution in [3.05, 3.63) is 35.5 Å². The fraction of sp³-hybridized carbons (Fsp3) is 0.375. The molecule has 5 heteroatoms. The summed E-state index contributed by atoms with van der Waals surface area (Å²) < 4.78 is 11.2. The van der Waals surface area contributed by atoms with Crippen molar-refractivity contribution in [1.82, 2.24) is 4.98 Å². The van der Waals surface area contributed by atoms with Gasteiger partial charge in [0.05, 0.1) is 12.1 Å². The van der Waals surface area contributed by atoms with Crippen LogP contribution in [0.25, 0.3) is 10.9 Å². The van der Waals surface area contributed by atoms with Crippen molar-refractivity contribution in [2.24, 2.45) is 0 Å². The molecular weight excluding hydrogens is 290 g/mol. The van der Waals surface area contributed by atoms with Gasteiger partial charge in [-0.2, -0.15) is 0 Å². The molecule has 1 aromatic carbocycles. The second-order valence-corrected chi connectivity index (χ2v) is 5.52. The lowest BCUT2D eigenvalue weighted by atomic mass is 9.80. The maximum Gasteiger partial charge on any atom is 0.350 e. The highest BCUT2D eigenvalue weighted by molar-refractivity contribution is 6.30. The lowest BCUT2D eigenvalue weighted by molar-refractivity contribution is -0.169. The standard InChI is InChI=1S/C16H16ClNO3/c1-2-20-15(19)16(8-5-9-16)21-13-10-14(17)18-12-7-4-3-6-11(12)13/h3-4,6-7,10H,2,5,8-9H2,1H3. The van der Waals surface area contributed by atoms with Crippen molar-refractivity contribution in [2.45, 2.75) is 31.8 Å². The number of rotatable bonds is 4. The van der Waals surface area contributed by atoms with Crippen molar-refractivity contribution >= 4 is 28.5 Å². The van der Waals surface area contributed by atoms with E-state index in [1.54, 1.807) is 13.0 Å². The molecule has 110 valence electrons. The minimum atomic E-state index is -0.872. The van der Waals surface area contributed by atoms with E-state index in [1.807, 2.05) is 24.3 Å². The molecule has 0 amide bonds. The molecular formula is C16H16ClNO3. The fourth-order valence-electron chi connectivity index (χ4n) is 2.52. The van der Waals surface area contributed by atoms with Crippen LogP contribution >= 0.6 is 11.6 Å². The number of pyridine rings is 1. The highest BCUT2D eigenvalue weighted by Gasteiger charge is 2.48. The minimum absolute atomic E-state index is 0.298. The smallest absolute Gasteiger partial charge is 0.350 e. The zero-order valence-electron chi connectivity index (χ0n) is 11.8. The summed E-state index contributed by atoms with van der Waals surface area (Å²) >= 11 is 6.05. The van der Waals surface area contributed by atoms with E-state index < -0.39 is 5.60 Å². The van der Waals surface area contributed by atoms with Crippen LogP contribution in [0.4, 0.5) is 0 Å². The maximum atomic E-state index is 12.2. The predicted molar refractivity (Wildman–Crippen MR) is 80.6 cm³/mol. The molecule has 4 nitrogen and oxygen atoms in total. The van der Waals surface area contributed by atoms with Gasteiger partial charge in [0.15, 0.2) is 0 Å². The molecule has 1 aromatic heterocycles. The SMILES string of the molecule is CCOC(=O)C1(Oc2cc(Cl)nc3ccccc23)CCC1. The van der Waals surface area contributed by atoms with E-state index in [1.165, 1.54) is 0 Å². The fourth-order valence-corrected chi connectivity index (χ4v) is 2.71. The van der Waals surface area contributed by atoms with E-state index in [0.29, 0.717) is 30.4 Å². The number of nitrogens with zero attached hydrogens (tertiary/aromatic N) is 1. The van der Waals surface area contributed by atoms with Crippen molar-refractivity contribution in [1.29, 1.82) is 0 Å². The molecule has 0 bridgehead atoms. The molecule has 1 aliphatic carbocycles. The quantitative estimate of drug-likeness (QED) is 0.637. The molecule has 0 atom stereocenters. The van der Waals surface area contributed by atoms with Gasteiger partial charge in [0.2, 0.25) is 5.60 Å². The first-order valence-electron chi connectivity index (χ1n) is 7.06. The van der Waals surface area contributed by atoms with E-state index in [-0.39, 0.29) is 5.97 Å². The van der Waals surface area contributed by atoms with Gasteiger partial charge in [0.25, 0.3) is 0 Å². The van der Waals surface area contributed by atoms with Crippen LogP contribution in [0.3, 0.4) is 0 Å². The number of benzene rings is 1. The van der Waals surface area contributed by atoms with Gasteiger partial charge in [0.1, 0.15) is 10.9 Å². The summed E-state index contributed by atoms with van der Waals surface area (Å²) in [5.74, 6) is 0.284. The Kier molecular flexibility index (Phi) is 3.72. The van der Waals surface area contributed by atoms with Gasteiger partial charge in [-0.05, 0) is 38.3 Å². The van der Waals surface area contributed by atoms with Gasteiger partial charge >= 0.3 is 5.97 Å². The highest BCUT2D eigenvalue weighted by atomic mass is 35.5. The first kappa shape index (κ1) is 14.1. The first-order valence-corrected chi connectivity index (χ1v) is 7.44. The van der Waals surface area contributed by atoms with E-state index in [2.05, 4.69) is 4.98 Å². The lowest BCUT2D eigenvalue weighted by Gasteiger charge is -2.39. The van der Waals surface area contributed by atoms with Crippen LogP contribution < -0.4 is 4.74 Å². The Labute approximate surface area is 128 Å². The van der Waals surface area contributed by atoms with Crippen molar-refractivity contribution in [2.75, 3.05) is 6.61 Å². The molecule has 21 heavy (non-hydrogen) atoms. The lowest BCUT2D eigenvalue weighted by Crippen LogP contribution is -2.51. The maximum absolute atomic E-state index is 12.2. The molecule has 0 saturated heterocycles. The van der Waals surface area contributed by atoms with Gasteiger partial charge in [-0.1, -0.05) is 23.7 Å². The van der Waals surface area contributed by atoms with Gasteiger partial charge in [-0.3, -0.25) is 0 Å². The Balaban J connectivity index is 1.99. The zero-order chi connectivity index (χ0) is 14.9. The summed E-state index contributed by atoms with van der Waals surface area (Å²) in [5, 5.41) is 1.19. The van der Waals surface area contributed by atoms with Gasteiger partial charge < -0.3 is 9.47 Å². The van der Waals surface area contributed by atoms with Gasteiger partial charge in [-0.25, -0.2) is 9.78 Å². The largest absolute Gasteiger partial charge is 0.475 e. The average molecular weight is 306 g/mol. The number of aromatic nitrogens is 1. The highest BCUT2D eigenvalue weighted by Crippen LogP contribution is 2.40. The third-order valence-electron chi connectivity index (χ3n) is 3.76. The second-order valence-electron chi connectivity index (χ2n) is 5.13. The first-order chi connectivity index (χ1) is 10.1. The number of hydrogen-bond acceptors (Lipinski definition) is 4. The van der Waals surface area contributed by atoms with Gasteiger partial charge in [-0.15, -0.1) is 0 Å². The molecule has 0 aliphatic heterocycles. The van der Waals surface area contributed by atoms with E-state index in [0.717, 1.165) is 17.3 Å². The Bertz CT molecular complexity index is 682. The zero-order valence-corrected chi connectivity index (χ0v) is 12.5. The third kappa shape index (κ3) is 2.56. The van der Waals surface area contributed by atoms with Crippen molar-refractivity contribution in [3.8, 4) is 5.75 Å². The second kappa shape index (κ2) is 5.53. The molecule has 2 aromatic rings. The molecule has 1 fully saturated rings. The number of carbonyl (C=O) groups excluding carboxylic acids is 1. The summed E-state index contributed by atoms with van der Waals surface area (Å²) in [6.07, 6.45) is 2.29. The van der Waals surface area contributed by atoms with E-state index in [9.17, 15) is 4.79 Å². The van der Waals surface area contributed by atoms with Crippen molar-refractivity contribution < 1.29 is 14.3 Å². The summed E-state index contributed by atoms with van der Waals surface area (Å²) in [7, 11) is 0. The number of fused-ring (bicyclic) bond motifs is 1. The monoisotopic (exact) mass is 305 g/mol. The number of para-hydroxylation sites is 1. The van der Waals surface area contributed by atoms with Gasteiger partial charge in [0, 0.05) is 11.5 Å². The molecule has 0 N–H and O–H groups in total. The molecule has 0 unspecified atom stereocenters. The van der Waals surface area contributed by atoms with Crippen molar-refractivity contribution in [3.63, 3.8) is 0 Å². The molecule has 1 heterocycles. The minimum Gasteiger partial charge on any atom is -0.475 e. The van der Waals surface area contributed by atoms with Crippen LogP contribution in [0.1, 0.15) is 26.2 Å². The number of halogens is 1. The van der Waals surface area contributed by atoms with E-state index in [4.69, 9.17) is 21.1 Å². The van der Waals surface area contributed by atoms with Crippen LogP contribution in [0.5, 0.6) is 5.75 Å². The number of ether oxygens (including phenoxy) is 2. The number of carbonyl (C=O) groups is 1. The normalized spacial score (nSPS) is 16.3. The van der Waals surface area contributed by atoms with Crippen LogP contribution in [0, 0.1) is 0 Å². The van der Waals surface area contributed by atoms with Crippen LogP contribution in [0.15, 0.2) is 30.3 Å². The predicted octanol–water partition coefficient (Wildman–Crippen LogP) is 3.75. The Morgan fingerprint density at radius 3 is 2.81 bits per heavy atom.